The summed E-state index contributed by atoms with van der Waals surface area (Å²) < 4.78 is 5.26. The summed E-state index contributed by atoms with van der Waals surface area (Å²) in [5, 5.41) is 0. The van der Waals surface area contributed by atoms with E-state index in [0.29, 0.717) is 0 Å². The van der Waals surface area contributed by atoms with Crippen molar-refractivity contribution in [1.29, 1.82) is 0 Å². The molecule has 0 radical (unpaired) electrons. The van der Waals surface area contributed by atoms with Gasteiger partial charge in [0.2, 0.25) is 0 Å². The van der Waals surface area contributed by atoms with Gasteiger partial charge in [-0.2, -0.15) is 0 Å². The fourth-order valence-corrected chi connectivity index (χ4v) is 1.04. The lowest BCUT2D eigenvalue weighted by molar-refractivity contribution is 0.324. The van der Waals surface area contributed by atoms with Gasteiger partial charge in [0.25, 0.3) is 0 Å². The Kier molecular flexibility index (Phi) is 1.26. The average Bonchev–Trinajstić information content (AvgIpc) is 2.70. The Hall–Kier alpha value is -0.890. The number of rotatable bonds is 1. The third-order valence-electron chi connectivity index (χ3n) is 2.03. The molecule has 0 aliphatic carbocycles. The molecular formula is C9H11NO. The molecule has 1 saturated heterocycles. The number of nitrogens with zero attached hydrogens (tertiary/aromatic N) is 1. The lowest BCUT2D eigenvalue weighted by atomic mass is 10.1. The van der Waals surface area contributed by atoms with Gasteiger partial charge in [-0.05, 0) is 25.5 Å². The van der Waals surface area contributed by atoms with Crippen molar-refractivity contribution in [3.63, 3.8) is 0 Å². The highest BCUT2D eigenvalue weighted by atomic mass is 16.6. The number of pyridine rings is 1. The molecule has 2 heterocycles. The number of hydrogen-bond acceptors (Lipinski definition) is 2. The molecule has 1 atom stereocenters. The molecule has 0 saturated carbocycles. The summed E-state index contributed by atoms with van der Waals surface area (Å²) in [4.78, 5) is 4.29. The summed E-state index contributed by atoms with van der Waals surface area (Å²) in [6, 6.07) is 4.09. The van der Waals surface area contributed by atoms with E-state index in [1.54, 1.807) is 0 Å². The Morgan fingerprint density at radius 2 is 2.27 bits per heavy atom. The lowest BCUT2D eigenvalue weighted by Gasteiger charge is -2.02. The van der Waals surface area contributed by atoms with Crippen molar-refractivity contribution >= 4 is 0 Å². The zero-order valence-electron chi connectivity index (χ0n) is 6.79. The van der Waals surface area contributed by atoms with Crippen LogP contribution in [0.3, 0.4) is 0 Å². The normalized spacial score (nSPS) is 28.5. The van der Waals surface area contributed by atoms with Crippen LogP contribution in [-0.4, -0.2) is 11.6 Å². The van der Waals surface area contributed by atoms with E-state index in [0.717, 1.165) is 12.3 Å². The summed E-state index contributed by atoms with van der Waals surface area (Å²) in [5.74, 6) is 0. The Morgan fingerprint density at radius 3 is 2.73 bits per heavy atom. The van der Waals surface area contributed by atoms with Gasteiger partial charge in [-0.25, -0.2) is 0 Å². The number of hydrogen-bond donors (Lipinski definition) is 0. The van der Waals surface area contributed by atoms with Crippen LogP contribution in [0.5, 0.6) is 0 Å². The minimum atomic E-state index is -0.0757. The molecular weight excluding hydrogens is 138 g/mol. The Morgan fingerprint density at radius 1 is 1.55 bits per heavy atom. The predicted octanol–water partition coefficient (Wildman–Crippen LogP) is 1.64. The maximum Gasteiger partial charge on any atom is 0.130 e. The molecule has 0 bridgehead atoms. The maximum absolute atomic E-state index is 5.26. The lowest BCUT2D eigenvalue weighted by Crippen LogP contribution is -2.04. The van der Waals surface area contributed by atoms with Gasteiger partial charge in [0, 0.05) is 6.20 Å². The minimum absolute atomic E-state index is 0.0757. The average molecular weight is 149 g/mol. The van der Waals surface area contributed by atoms with Crippen molar-refractivity contribution in [2.45, 2.75) is 19.4 Å². The Bertz CT molecular complexity index is 261. The van der Waals surface area contributed by atoms with Gasteiger partial charge >= 0.3 is 0 Å². The van der Waals surface area contributed by atoms with Gasteiger partial charge in [-0.15, -0.1) is 0 Å². The first kappa shape index (κ1) is 6.80. The summed E-state index contributed by atoms with van der Waals surface area (Å²) in [6.45, 7) is 4.90. The van der Waals surface area contributed by atoms with Gasteiger partial charge in [-0.1, -0.05) is 6.07 Å². The molecule has 0 amide bonds. The molecule has 1 unspecified atom stereocenters. The van der Waals surface area contributed by atoms with Crippen molar-refractivity contribution in [3.8, 4) is 0 Å². The summed E-state index contributed by atoms with van der Waals surface area (Å²) in [6.07, 6.45) is 1.88. The first-order valence-corrected chi connectivity index (χ1v) is 3.78. The maximum atomic E-state index is 5.26. The van der Waals surface area contributed by atoms with E-state index in [9.17, 15) is 0 Å². The standard InChI is InChI=1S/C9H11NO/c1-7-3-4-8(10-5-7)9(2)6-11-9/h3-5H,6H2,1-2H3. The molecule has 0 spiro atoms. The summed E-state index contributed by atoms with van der Waals surface area (Å²) >= 11 is 0. The zero-order valence-corrected chi connectivity index (χ0v) is 6.79. The first-order chi connectivity index (χ1) is 5.21. The topological polar surface area (TPSA) is 25.4 Å². The largest absolute Gasteiger partial charge is 0.363 e. The molecule has 1 fully saturated rings. The Balaban J connectivity index is 2.33. The van der Waals surface area contributed by atoms with Crippen LogP contribution in [0.1, 0.15) is 18.2 Å². The number of ether oxygens (including phenoxy) is 1. The van der Waals surface area contributed by atoms with Crippen molar-refractivity contribution in [1.82, 2.24) is 4.98 Å². The summed E-state index contributed by atoms with van der Waals surface area (Å²) in [7, 11) is 0. The van der Waals surface area contributed by atoms with Crippen LogP contribution in [0.15, 0.2) is 18.3 Å². The SMILES string of the molecule is Cc1ccc(C2(C)CO2)nc1. The van der Waals surface area contributed by atoms with Crippen LogP contribution in [0, 0.1) is 6.92 Å². The van der Waals surface area contributed by atoms with E-state index in [-0.39, 0.29) is 5.60 Å². The third kappa shape index (κ3) is 1.14. The van der Waals surface area contributed by atoms with Gasteiger partial charge in [0.05, 0.1) is 12.3 Å². The van der Waals surface area contributed by atoms with Crippen LogP contribution in [0.2, 0.25) is 0 Å². The molecule has 1 aliphatic rings. The second-order valence-electron chi connectivity index (χ2n) is 3.24. The van der Waals surface area contributed by atoms with Gasteiger partial charge in [-0.3, -0.25) is 4.98 Å². The highest BCUT2D eigenvalue weighted by Crippen LogP contribution is 2.36. The molecule has 0 aromatic carbocycles. The van der Waals surface area contributed by atoms with Crippen LogP contribution in [0.25, 0.3) is 0 Å². The molecule has 2 heteroatoms. The number of aromatic nitrogens is 1. The third-order valence-corrected chi connectivity index (χ3v) is 2.03. The van der Waals surface area contributed by atoms with E-state index in [4.69, 9.17) is 4.74 Å². The van der Waals surface area contributed by atoms with Gasteiger partial charge in [0.1, 0.15) is 5.60 Å². The van der Waals surface area contributed by atoms with Gasteiger partial charge in [0.15, 0.2) is 0 Å². The first-order valence-electron chi connectivity index (χ1n) is 3.78. The van der Waals surface area contributed by atoms with Crippen molar-refractivity contribution < 1.29 is 4.74 Å². The number of epoxide rings is 1. The minimum Gasteiger partial charge on any atom is -0.363 e. The molecule has 58 valence electrons. The smallest absolute Gasteiger partial charge is 0.130 e. The molecule has 11 heavy (non-hydrogen) atoms. The van der Waals surface area contributed by atoms with E-state index >= 15 is 0 Å². The highest BCUT2D eigenvalue weighted by molar-refractivity contribution is 5.20. The molecule has 0 N–H and O–H groups in total. The van der Waals surface area contributed by atoms with Crippen molar-refractivity contribution in [3.05, 3.63) is 29.6 Å². The van der Waals surface area contributed by atoms with Crippen LogP contribution in [0.4, 0.5) is 0 Å². The fourth-order valence-electron chi connectivity index (χ4n) is 1.04. The van der Waals surface area contributed by atoms with E-state index in [1.165, 1.54) is 5.56 Å². The van der Waals surface area contributed by atoms with Gasteiger partial charge < -0.3 is 4.74 Å². The van der Waals surface area contributed by atoms with Crippen LogP contribution < -0.4 is 0 Å². The van der Waals surface area contributed by atoms with E-state index in [2.05, 4.69) is 18.0 Å². The van der Waals surface area contributed by atoms with Crippen LogP contribution in [-0.2, 0) is 10.3 Å². The predicted molar refractivity (Wildman–Crippen MR) is 42.3 cm³/mol. The molecule has 1 aliphatic heterocycles. The zero-order chi connectivity index (χ0) is 7.90. The van der Waals surface area contributed by atoms with E-state index in [1.807, 2.05) is 19.2 Å². The van der Waals surface area contributed by atoms with Crippen LogP contribution >= 0.6 is 0 Å². The molecule has 1 aromatic rings. The quantitative estimate of drug-likeness (QED) is 0.567. The fraction of sp³-hybridized carbons (Fsp3) is 0.444. The van der Waals surface area contributed by atoms with Crippen molar-refractivity contribution in [2.75, 3.05) is 6.61 Å². The second-order valence-corrected chi connectivity index (χ2v) is 3.24. The Labute approximate surface area is 66.2 Å². The summed E-state index contributed by atoms with van der Waals surface area (Å²) in [5.41, 5.74) is 2.16. The number of aryl methyl sites for hydroxylation is 1. The monoisotopic (exact) mass is 149 g/mol. The highest BCUT2D eigenvalue weighted by Gasteiger charge is 2.42. The molecule has 2 nitrogen and oxygen atoms in total. The molecule has 2 rings (SSSR count). The second kappa shape index (κ2) is 2.05. The molecule has 1 aromatic heterocycles. The van der Waals surface area contributed by atoms with Crippen molar-refractivity contribution in [2.24, 2.45) is 0 Å². The van der Waals surface area contributed by atoms with E-state index < -0.39 is 0 Å².